The molecule has 2 aromatic rings. The van der Waals surface area contributed by atoms with Crippen LogP contribution in [-0.2, 0) is 16.7 Å². The van der Waals surface area contributed by atoms with Gasteiger partial charge in [0.1, 0.15) is 10.8 Å². The lowest BCUT2D eigenvalue weighted by Crippen LogP contribution is -2.43. The SMILES string of the molecule is Cc1sc2ccc(Cl)cc2[n+]1C[C@H](O)CS(=O)(=O)[O-]. The van der Waals surface area contributed by atoms with Gasteiger partial charge in [0.05, 0.1) is 15.9 Å². The predicted octanol–water partition coefficient (Wildman–Crippen LogP) is 1.06. The van der Waals surface area contributed by atoms with Crippen molar-refractivity contribution in [3.8, 4) is 0 Å². The van der Waals surface area contributed by atoms with Crippen molar-refractivity contribution in [2.24, 2.45) is 0 Å². The van der Waals surface area contributed by atoms with Gasteiger partial charge in [-0.05, 0) is 12.1 Å². The minimum atomic E-state index is -4.44. The van der Waals surface area contributed by atoms with E-state index >= 15 is 0 Å². The predicted molar refractivity (Wildman–Crippen MR) is 72.3 cm³/mol. The molecule has 19 heavy (non-hydrogen) atoms. The summed E-state index contributed by atoms with van der Waals surface area (Å²) in [7, 11) is -4.44. The Hall–Kier alpha value is -0.730. The van der Waals surface area contributed by atoms with Crippen LogP contribution in [0.1, 0.15) is 5.01 Å². The number of halogens is 1. The van der Waals surface area contributed by atoms with Crippen LogP contribution in [0.5, 0.6) is 0 Å². The first-order chi connectivity index (χ1) is 8.76. The van der Waals surface area contributed by atoms with Gasteiger partial charge in [0, 0.05) is 18.0 Å². The number of hydrogen-bond donors (Lipinski definition) is 1. The van der Waals surface area contributed by atoms with E-state index in [-0.39, 0.29) is 6.54 Å². The summed E-state index contributed by atoms with van der Waals surface area (Å²) in [4.78, 5) is 0. The maximum atomic E-state index is 10.6. The van der Waals surface area contributed by atoms with E-state index in [1.54, 1.807) is 16.7 Å². The van der Waals surface area contributed by atoms with Crippen molar-refractivity contribution < 1.29 is 22.6 Å². The third-order valence-electron chi connectivity index (χ3n) is 2.64. The van der Waals surface area contributed by atoms with E-state index in [0.717, 1.165) is 15.2 Å². The van der Waals surface area contributed by atoms with Gasteiger partial charge in [0.15, 0.2) is 6.54 Å². The quantitative estimate of drug-likeness (QED) is 0.674. The Bertz CT molecular complexity index is 711. The second kappa shape index (κ2) is 5.34. The van der Waals surface area contributed by atoms with Crippen molar-refractivity contribution in [3.63, 3.8) is 0 Å². The maximum absolute atomic E-state index is 10.6. The second-order valence-corrected chi connectivity index (χ2v) is 7.34. The third kappa shape index (κ3) is 3.64. The largest absolute Gasteiger partial charge is 0.748 e. The zero-order valence-corrected chi connectivity index (χ0v) is 12.4. The summed E-state index contributed by atoms with van der Waals surface area (Å²) in [5.74, 6) is -0.794. The zero-order valence-electron chi connectivity index (χ0n) is 10.0. The number of aromatic nitrogens is 1. The van der Waals surface area contributed by atoms with Gasteiger partial charge in [-0.3, -0.25) is 0 Å². The molecule has 0 saturated carbocycles. The highest BCUT2D eigenvalue weighted by atomic mass is 35.5. The van der Waals surface area contributed by atoms with Crippen LogP contribution in [0.25, 0.3) is 10.2 Å². The van der Waals surface area contributed by atoms with Crippen LogP contribution < -0.4 is 4.57 Å². The molecule has 1 aromatic carbocycles. The van der Waals surface area contributed by atoms with Crippen molar-refractivity contribution >= 4 is 43.3 Å². The van der Waals surface area contributed by atoms with Gasteiger partial charge in [0.25, 0.3) is 0 Å². The molecule has 1 atom stereocenters. The number of aliphatic hydroxyl groups is 1. The first-order valence-electron chi connectivity index (χ1n) is 5.46. The number of aliphatic hydroxyl groups excluding tert-OH is 1. The van der Waals surface area contributed by atoms with E-state index in [1.165, 1.54) is 11.3 Å². The molecule has 0 aliphatic rings. The minimum absolute atomic E-state index is 0.0493. The Balaban J connectivity index is 2.34. The van der Waals surface area contributed by atoms with Gasteiger partial charge in [0.2, 0.25) is 10.5 Å². The van der Waals surface area contributed by atoms with Crippen LogP contribution in [-0.4, -0.2) is 29.9 Å². The smallest absolute Gasteiger partial charge is 0.235 e. The Morgan fingerprint density at radius 1 is 1.53 bits per heavy atom. The first kappa shape index (κ1) is 14.7. The molecule has 2 rings (SSSR count). The molecule has 1 heterocycles. The van der Waals surface area contributed by atoms with Crippen LogP contribution in [0.2, 0.25) is 5.02 Å². The molecule has 104 valence electrons. The van der Waals surface area contributed by atoms with Crippen LogP contribution >= 0.6 is 22.9 Å². The summed E-state index contributed by atoms with van der Waals surface area (Å²) >= 11 is 7.44. The van der Waals surface area contributed by atoms with Gasteiger partial charge in [-0.15, -0.1) is 0 Å². The Morgan fingerprint density at radius 3 is 2.84 bits per heavy atom. The fourth-order valence-electron chi connectivity index (χ4n) is 1.90. The molecule has 0 fully saturated rings. The molecule has 1 N–H and O–H groups in total. The number of nitrogens with zero attached hydrogens (tertiary/aromatic N) is 1. The molecule has 0 bridgehead atoms. The topological polar surface area (TPSA) is 81.3 Å². The van der Waals surface area contributed by atoms with Gasteiger partial charge >= 0.3 is 0 Å². The number of fused-ring (bicyclic) bond motifs is 1. The van der Waals surface area contributed by atoms with Crippen LogP contribution in [0.4, 0.5) is 0 Å². The molecule has 0 saturated heterocycles. The van der Waals surface area contributed by atoms with Crippen molar-refractivity contribution in [2.75, 3.05) is 5.75 Å². The summed E-state index contributed by atoms with van der Waals surface area (Å²) in [5, 5.41) is 11.1. The zero-order chi connectivity index (χ0) is 14.2. The van der Waals surface area contributed by atoms with Gasteiger partial charge < -0.3 is 9.66 Å². The van der Waals surface area contributed by atoms with Crippen LogP contribution in [0, 0.1) is 6.92 Å². The highest BCUT2D eigenvalue weighted by molar-refractivity contribution is 7.85. The Morgan fingerprint density at radius 2 is 2.21 bits per heavy atom. The van der Waals surface area contributed by atoms with E-state index in [9.17, 15) is 18.1 Å². The van der Waals surface area contributed by atoms with Gasteiger partial charge in [-0.1, -0.05) is 22.9 Å². The van der Waals surface area contributed by atoms with Crippen LogP contribution in [0.15, 0.2) is 18.2 Å². The lowest BCUT2D eigenvalue weighted by molar-refractivity contribution is -0.679. The summed E-state index contributed by atoms with van der Waals surface area (Å²) in [6.45, 7) is 1.91. The molecule has 0 radical (unpaired) electrons. The maximum Gasteiger partial charge on any atom is 0.235 e. The summed E-state index contributed by atoms with van der Waals surface area (Å²) in [6.07, 6.45) is -1.23. The lowest BCUT2D eigenvalue weighted by Gasteiger charge is -2.10. The summed E-state index contributed by atoms with van der Waals surface area (Å²) in [5.41, 5.74) is 0.817. The molecule has 0 aliphatic heterocycles. The molecule has 1 aromatic heterocycles. The number of thiazole rings is 1. The van der Waals surface area contributed by atoms with Crippen molar-refractivity contribution in [2.45, 2.75) is 19.6 Å². The van der Waals surface area contributed by atoms with Gasteiger partial charge in [-0.2, -0.15) is 4.57 Å². The summed E-state index contributed by atoms with van der Waals surface area (Å²) < 4.78 is 34.6. The Labute approximate surface area is 119 Å². The number of benzene rings is 1. The van der Waals surface area contributed by atoms with E-state index < -0.39 is 22.0 Å². The van der Waals surface area contributed by atoms with E-state index in [0.29, 0.717) is 5.02 Å². The van der Waals surface area contributed by atoms with Crippen LogP contribution in [0.3, 0.4) is 0 Å². The average molecular weight is 322 g/mol. The molecular formula is C11H12ClNO4S2. The normalized spacial score (nSPS) is 13.9. The van der Waals surface area contributed by atoms with Gasteiger partial charge in [-0.25, -0.2) is 8.42 Å². The standard InChI is InChI=1S/C11H12ClNO4S2/c1-7-13(5-9(14)6-19(15,16)17)10-4-8(12)2-3-11(10)18-7/h2-4,9,14H,5-6H2,1H3/t9-/m0/s1. The molecule has 0 aliphatic carbocycles. The van der Waals surface area contributed by atoms with E-state index in [4.69, 9.17) is 11.6 Å². The number of aryl methyl sites for hydroxylation is 1. The molecule has 8 heteroatoms. The van der Waals surface area contributed by atoms with Crippen molar-refractivity contribution in [1.29, 1.82) is 0 Å². The molecular weight excluding hydrogens is 310 g/mol. The first-order valence-corrected chi connectivity index (χ1v) is 8.23. The van der Waals surface area contributed by atoms with E-state index in [1.807, 2.05) is 13.0 Å². The van der Waals surface area contributed by atoms with E-state index in [2.05, 4.69) is 0 Å². The molecule has 0 unspecified atom stereocenters. The number of hydrogen-bond acceptors (Lipinski definition) is 5. The van der Waals surface area contributed by atoms with Crippen molar-refractivity contribution in [1.82, 2.24) is 0 Å². The lowest BCUT2D eigenvalue weighted by atomic mass is 10.3. The fraction of sp³-hybridized carbons (Fsp3) is 0.364. The molecule has 0 spiro atoms. The Kier molecular flexibility index (Phi) is 4.12. The fourth-order valence-corrected chi connectivity index (χ4v) is 3.65. The highest BCUT2D eigenvalue weighted by Crippen LogP contribution is 2.23. The highest BCUT2D eigenvalue weighted by Gasteiger charge is 2.22. The summed E-state index contributed by atoms with van der Waals surface area (Å²) in [6, 6.07) is 5.38. The number of rotatable bonds is 4. The van der Waals surface area contributed by atoms with Crippen molar-refractivity contribution in [3.05, 3.63) is 28.2 Å². The molecule has 0 amide bonds. The third-order valence-corrected chi connectivity index (χ3v) is 4.75. The molecule has 5 nitrogen and oxygen atoms in total. The second-order valence-electron chi connectivity index (χ2n) is 4.22. The average Bonchev–Trinajstić information content (AvgIpc) is 2.53. The minimum Gasteiger partial charge on any atom is -0.748 e. The monoisotopic (exact) mass is 321 g/mol.